The summed E-state index contributed by atoms with van der Waals surface area (Å²) >= 11 is 0. The van der Waals surface area contributed by atoms with Crippen LogP contribution in [0.15, 0.2) is 17.1 Å². The summed E-state index contributed by atoms with van der Waals surface area (Å²) in [5, 5.41) is 7.19. The van der Waals surface area contributed by atoms with Gasteiger partial charge in [-0.1, -0.05) is 12.8 Å². The van der Waals surface area contributed by atoms with Crippen molar-refractivity contribution in [1.29, 1.82) is 0 Å². The highest BCUT2D eigenvalue weighted by Gasteiger charge is 2.65. The highest BCUT2D eigenvalue weighted by Crippen LogP contribution is 2.60. The summed E-state index contributed by atoms with van der Waals surface area (Å²) in [5.74, 6) is 3.35. The summed E-state index contributed by atoms with van der Waals surface area (Å²) in [6.07, 6.45) is 6.72. The molecule has 2 saturated carbocycles. The Morgan fingerprint density at radius 2 is 1.80 bits per heavy atom. The monoisotopic (exact) mass is 531 g/mol. The fourth-order valence-electron chi connectivity index (χ4n) is 5.67. The Labute approximate surface area is 196 Å². The third kappa shape index (κ3) is 3.92. The summed E-state index contributed by atoms with van der Waals surface area (Å²) in [6, 6.07) is 4.37. The second-order valence-corrected chi connectivity index (χ2v) is 8.27. The molecule has 7 nitrogen and oxygen atoms in total. The lowest BCUT2D eigenvalue weighted by Crippen LogP contribution is -2.69. The molecule has 3 fully saturated rings. The van der Waals surface area contributed by atoms with Crippen molar-refractivity contribution in [3.05, 3.63) is 17.7 Å². The summed E-state index contributed by atoms with van der Waals surface area (Å²) in [6.45, 7) is 1.51. The van der Waals surface area contributed by atoms with Gasteiger partial charge in [-0.25, -0.2) is 0 Å². The molecule has 3 aliphatic rings. The van der Waals surface area contributed by atoms with Gasteiger partial charge in [0.2, 0.25) is 5.75 Å². The molecule has 2 N–H and O–H groups in total. The van der Waals surface area contributed by atoms with Crippen LogP contribution in [0.25, 0.3) is 0 Å². The fraction of sp³-hybridized carbons (Fsp3) is 0.682. The number of nitrogens with zero attached hydrogens (tertiary/aromatic N) is 1. The molecule has 0 radical (unpaired) electrons. The van der Waals surface area contributed by atoms with Gasteiger partial charge < -0.3 is 29.6 Å². The highest BCUT2D eigenvalue weighted by molar-refractivity contribution is 14.0. The predicted octanol–water partition coefficient (Wildman–Crippen LogP) is 3.34. The zero-order chi connectivity index (χ0) is 20.4. The first-order valence-electron chi connectivity index (χ1n) is 10.5. The summed E-state index contributed by atoms with van der Waals surface area (Å²) in [7, 11) is 6.70. The minimum absolute atomic E-state index is 0. The third-order valence-corrected chi connectivity index (χ3v) is 6.99. The normalized spacial score (nSPS) is 26.4. The minimum Gasteiger partial charge on any atom is -0.493 e. The average Bonchev–Trinajstić information content (AvgIpc) is 3.42. The number of nitrogens with one attached hydrogen (secondary N) is 2. The lowest BCUT2D eigenvalue weighted by molar-refractivity contribution is -0.125. The smallest absolute Gasteiger partial charge is 0.203 e. The van der Waals surface area contributed by atoms with Crippen LogP contribution < -0.4 is 24.8 Å². The van der Waals surface area contributed by atoms with Crippen molar-refractivity contribution in [1.82, 2.24) is 10.6 Å². The molecule has 4 rings (SSSR count). The van der Waals surface area contributed by atoms with E-state index in [-0.39, 0.29) is 24.0 Å². The molecule has 0 bridgehead atoms. The summed E-state index contributed by atoms with van der Waals surface area (Å²) in [5.41, 5.74) is 1.33. The molecule has 1 heterocycles. The maximum atomic E-state index is 6.10. The number of hydrogen-bond acceptors (Lipinski definition) is 5. The van der Waals surface area contributed by atoms with Gasteiger partial charge in [-0.3, -0.25) is 4.99 Å². The number of fused-ring (bicyclic) bond motifs is 2. The molecule has 1 aliphatic heterocycles. The molecular formula is C22H34IN3O4. The van der Waals surface area contributed by atoms with E-state index in [0.717, 1.165) is 24.6 Å². The lowest BCUT2D eigenvalue weighted by atomic mass is 9.54. The number of aliphatic imine (C=N–C) groups is 1. The van der Waals surface area contributed by atoms with E-state index in [4.69, 9.17) is 18.9 Å². The predicted molar refractivity (Wildman–Crippen MR) is 127 cm³/mol. The molecular weight excluding hydrogens is 497 g/mol. The Bertz CT molecular complexity index is 742. The molecule has 0 amide bonds. The second kappa shape index (κ2) is 9.80. The molecule has 0 aromatic heterocycles. The maximum absolute atomic E-state index is 6.10. The van der Waals surface area contributed by atoms with Crippen LogP contribution >= 0.6 is 24.0 Å². The van der Waals surface area contributed by atoms with Crippen LogP contribution in [-0.2, 0) is 11.3 Å². The van der Waals surface area contributed by atoms with Crippen LogP contribution in [0.2, 0.25) is 0 Å². The molecule has 168 valence electrons. The van der Waals surface area contributed by atoms with E-state index in [9.17, 15) is 0 Å². The first-order valence-corrected chi connectivity index (χ1v) is 10.5. The molecule has 3 unspecified atom stereocenters. The van der Waals surface area contributed by atoms with Gasteiger partial charge in [0.1, 0.15) is 0 Å². The van der Waals surface area contributed by atoms with E-state index < -0.39 is 0 Å². The van der Waals surface area contributed by atoms with Crippen molar-refractivity contribution < 1.29 is 18.9 Å². The first-order chi connectivity index (χ1) is 14.2. The number of hydrogen-bond donors (Lipinski definition) is 2. The first kappa shape index (κ1) is 23.2. The van der Waals surface area contributed by atoms with Crippen molar-refractivity contribution in [3.8, 4) is 17.2 Å². The van der Waals surface area contributed by atoms with Gasteiger partial charge >= 0.3 is 0 Å². The quantitative estimate of drug-likeness (QED) is 0.334. The molecule has 1 saturated heterocycles. The van der Waals surface area contributed by atoms with E-state index in [0.29, 0.717) is 47.3 Å². The van der Waals surface area contributed by atoms with E-state index in [1.54, 1.807) is 21.3 Å². The van der Waals surface area contributed by atoms with Crippen LogP contribution in [0, 0.1) is 11.3 Å². The van der Waals surface area contributed by atoms with Crippen LogP contribution in [0.4, 0.5) is 0 Å². The molecule has 3 atom stereocenters. The molecule has 30 heavy (non-hydrogen) atoms. The van der Waals surface area contributed by atoms with Crippen LogP contribution in [0.5, 0.6) is 17.2 Å². The molecule has 1 aromatic carbocycles. The van der Waals surface area contributed by atoms with Gasteiger partial charge in [0.15, 0.2) is 17.5 Å². The van der Waals surface area contributed by atoms with Crippen LogP contribution in [0.3, 0.4) is 0 Å². The Balaban J connectivity index is 0.00000256. The van der Waals surface area contributed by atoms with Gasteiger partial charge in [-0.2, -0.15) is 0 Å². The number of rotatable bonds is 6. The Morgan fingerprint density at radius 1 is 1.13 bits per heavy atom. The lowest BCUT2D eigenvalue weighted by Gasteiger charge is -2.57. The highest BCUT2D eigenvalue weighted by atomic mass is 127. The van der Waals surface area contributed by atoms with Crippen molar-refractivity contribution in [2.45, 2.75) is 50.8 Å². The van der Waals surface area contributed by atoms with Gasteiger partial charge in [0.25, 0.3) is 0 Å². The van der Waals surface area contributed by atoms with Crippen molar-refractivity contribution in [3.63, 3.8) is 0 Å². The average molecular weight is 531 g/mol. The fourth-order valence-corrected chi connectivity index (χ4v) is 5.67. The summed E-state index contributed by atoms with van der Waals surface area (Å²) < 4.78 is 22.4. The van der Waals surface area contributed by atoms with Gasteiger partial charge in [0, 0.05) is 37.6 Å². The zero-order valence-corrected chi connectivity index (χ0v) is 20.7. The number of ether oxygens (including phenoxy) is 4. The SMILES string of the molecule is CN=C(NCc1cc(OC)c(OC)c(OC)c1)NC1C2CCOC2C12CCCC2.I. The van der Waals surface area contributed by atoms with Crippen LogP contribution in [0.1, 0.15) is 37.7 Å². The second-order valence-electron chi connectivity index (χ2n) is 8.27. The number of benzene rings is 1. The Morgan fingerprint density at radius 3 is 2.37 bits per heavy atom. The van der Waals surface area contributed by atoms with Gasteiger partial charge in [-0.05, 0) is 37.0 Å². The van der Waals surface area contributed by atoms with E-state index in [2.05, 4.69) is 15.6 Å². The number of halogens is 1. The molecule has 8 heteroatoms. The van der Waals surface area contributed by atoms with Gasteiger partial charge in [0.05, 0.1) is 27.4 Å². The maximum Gasteiger partial charge on any atom is 0.203 e. The zero-order valence-electron chi connectivity index (χ0n) is 18.3. The minimum atomic E-state index is 0. The molecule has 2 aliphatic carbocycles. The Kier molecular flexibility index (Phi) is 7.60. The van der Waals surface area contributed by atoms with Crippen molar-refractivity contribution in [2.24, 2.45) is 16.3 Å². The van der Waals surface area contributed by atoms with Crippen molar-refractivity contribution in [2.75, 3.05) is 35.0 Å². The van der Waals surface area contributed by atoms with Crippen LogP contribution in [-0.4, -0.2) is 53.1 Å². The largest absolute Gasteiger partial charge is 0.493 e. The van der Waals surface area contributed by atoms with E-state index >= 15 is 0 Å². The molecule has 1 aromatic rings. The van der Waals surface area contributed by atoms with E-state index in [1.165, 1.54) is 25.7 Å². The topological polar surface area (TPSA) is 73.3 Å². The third-order valence-electron chi connectivity index (χ3n) is 6.99. The number of guanidine groups is 1. The summed E-state index contributed by atoms with van der Waals surface area (Å²) in [4.78, 5) is 4.48. The van der Waals surface area contributed by atoms with Crippen molar-refractivity contribution >= 4 is 29.9 Å². The van der Waals surface area contributed by atoms with E-state index in [1.807, 2.05) is 19.2 Å². The van der Waals surface area contributed by atoms with Gasteiger partial charge in [-0.15, -0.1) is 24.0 Å². The standard InChI is InChI=1S/C22H33N3O4.HI/c1-23-21(24-13-14-11-16(26-2)18(28-4)17(12-14)27-3)25-19-15-7-10-29-20(15)22(19)8-5-6-9-22;/h11-12,15,19-20H,5-10,13H2,1-4H3,(H2,23,24,25);1H. The number of methoxy groups -OCH3 is 3. The molecule has 1 spiro atoms. The Hall–Kier alpha value is -1.42.